The summed E-state index contributed by atoms with van der Waals surface area (Å²) >= 11 is 0. The number of rotatable bonds is 4. The molecule has 1 N–H and O–H groups in total. The Hall–Kier alpha value is -1.99. The normalized spacial score (nSPS) is 23.0. The summed E-state index contributed by atoms with van der Waals surface area (Å²) in [5.74, 6) is 0.221. The van der Waals surface area contributed by atoms with Crippen LogP contribution in [0.25, 0.3) is 5.65 Å². The summed E-state index contributed by atoms with van der Waals surface area (Å²) in [4.78, 5) is 19.5. The lowest BCUT2D eigenvalue weighted by atomic mass is 9.94. The highest BCUT2D eigenvalue weighted by molar-refractivity contribution is 5.79. The van der Waals surface area contributed by atoms with E-state index in [0.717, 1.165) is 63.2 Å². The third-order valence-corrected chi connectivity index (χ3v) is 5.34. The number of likely N-dealkylation sites (tertiary alicyclic amines) is 1. The highest BCUT2D eigenvalue weighted by Gasteiger charge is 2.30. The van der Waals surface area contributed by atoms with Gasteiger partial charge in [0.15, 0.2) is 5.65 Å². The minimum atomic E-state index is 0.0754. The Morgan fingerprint density at radius 1 is 1.32 bits per heavy atom. The number of fused-ring (bicyclic) bond motifs is 1. The van der Waals surface area contributed by atoms with Crippen LogP contribution in [0, 0.1) is 5.92 Å². The molecule has 7 heteroatoms. The number of nitrogens with one attached hydrogen (secondary N) is 1. The molecule has 2 aromatic rings. The average molecular weight is 343 g/mol. The number of ether oxygens (including phenoxy) is 1. The van der Waals surface area contributed by atoms with Gasteiger partial charge in [-0.05, 0) is 38.3 Å². The molecule has 25 heavy (non-hydrogen) atoms. The molecule has 0 bridgehead atoms. The van der Waals surface area contributed by atoms with Gasteiger partial charge in [0.2, 0.25) is 5.91 Å². The maximum atomic E-state index is 12.6. The van der Waals surface area contributed by atoms with E-state index >= 15 is 0 Å². The van der Waals surface area contributed by atoms with E-state index in [1.54, 1.807) is 16.9 Å². The summed E-state index contributed by atoms with van der Waals surface area (Å²) in [5, 5.41) is 7.35. The molecule has 0 unspecified atom stereocenters. The molecule has 1 atom stereocenters. The molecular weight excluding hydrogens is 318 g/mol. The Morgan fingerprint density at radius 3 is 3.08 bits per heavy atom. The maximum Gasteiger partial charge on any atom is 0.224 e. The predicted octanol–water partition coefficient (Wildman–Crippen LogP) is 1.24. The molecule has 0 saturated carbocycles. The number of carbonyl (C=O) groups excluding carboxylic acids is 1. The monoisotopic (exact) mass is 343 g/mol. The molecule has 7 nitrogen and oxygen atoms in total. The average Bonchev–Trinajstić information content (AvgIpc) is 3.10. The number of hydrogen-bond donors (Lipinski definition) is 1. The quantitative estimate of drug-likeness (QED) is 0.904. The van der Waals surface area contributed by atoms with E-state index in [-0.39, 0.29) is 11.8 Å². The van der Waals surface area contributed by atoms with E-state index in [0.29, 0.717) is 12.6 Å². The van der Waals surface area contributed by atoms with Crippen molar-refractivity contribution in [3.05, 3.63) is 30.2 Å². The fourth-order valence-corrected chi connectivity index (χ4v) is 3.93. The molecule has 2 aromatic heterocycles. The van der Waals surface area contributed by atoms with Gasteiger partial charge < -0.3 is 10.1 Å². The number of piperidine rings is 1. The van der Waals surface area contributed by atoms with Crippen LogP contribution < -0.4 is 5.32 Å². The van der Waals surface area contributed by atoms with Gasteiger partial charge in [0, 0.05) is 50.3 Å². The lowest BCUT2D eigenvalue weighted by Crippen LogP contribution is -2.48. The summed E-state index contributed by atoms with van der Waals surface area (Å²) in [7, 11) is 0. The summed E-state index contributed by atoms with van der Waals surface area (Å²) < 4.78 is 7.19. The molecule has 2 saturated heterocycles. The SMILES string of the molecule is O=C(NCc1cnn2cccnc12)[C@@H]1CCCN(C2CCOCC2)C1. The zero-order chi connectivity index (χ0) is 17.1. The highest BCUT2D eigenvalue weighted by atomic mass is 16.5. The van der Waals surface area contributed by atoms with Crippen LogP contribution in [0.3, 0.4) is 0 Å². The van der Waals surface area contributed by atoms with Gasteiger partial charge >= 0.3 is 0 Å². The molecule has 0 radical (unpaired) electrons. The lowest BCUT2D eigenvalue weighted by molar-refractivity contribution is -0.127. The predicted molar refractivity (Wildman–Crippen MR) is 93.0 cm³/mol. The molecule has 2 fully saturated rings. The van der Waals surface area contributed by atoms with Crippen molar-refractivity contribution in [3.8, 4) is 0 Å². The number of aromatic nitrogens is 3. The Kier molecular flexibility index (Phi) is 4.94. The second-order valence-electron chi connectivity index (χ2n) is 6.95. The van der Waals surface area contributed by atoms with E-state index in [9.17, 15) is 4.79 Å². The van der Waals surface area contributed by atoms with E-state index < -0.39 is 0 Å². The molecule has 1 amide bonds. The van der Waals surface area contributed by atoms with Crippen molar-refractivity contribution in [2.75, 3.05) is 26.3 Å². The summed E-state index contributed by atoms with van der Waals surface area (Å²) in [6, 6.07) is 2.42. The summed E-state index contributed by atoms with van der Waals surface area (Å²) in [5.41, 5.74) is 1.75. The molecule has 0 spiro atoms. The zero-order valence-corrected chi connectivity index (χ0v) is 14.4. The molecule has 4 rings (SSSR count). The summed E-state index contributed by atoms with van der Waals surface area (Å²) in [6.07, 6.45) is 9.62. The Labute approximate surface area is 147 Å². The largest absolute Gasteiger partial charge is 0.381 e. The number of amides is 1. The van der Waals surface area contributed by atoms with E-state index in [4.69, 9.17) is 4.74 Å². The van der Waals surface area contributed by atoms with Crippen LogP contribution in [0.2, 0.25) is 0 Å². The second kappa shape index (κ2) is 7.49. The maximum absolute atomic E-state index is 12.6. The van der Waals surface area contributed by atoms with Gasteiger partial charge in [-0.15, -0.1) is 0 Å². The molecule has 134 valence electrons. The van der Waals surface area contributed by atoms with Gasteiger partial charge in [0.1, 0.15) is 0 Å². The standard InChI is InChI=1S/C18H25N5O2/c24-18(20-11-15-12-21-23-8-2-6-19-17(15)23)14-3-1-7-22(13-14)16-4-9-25-10-5-16/h2,6,8,12,14,16H,1,3-5,7,9-11,13H2,(H,20,24)/t14-/m1/s1. The molecule has 0 aliphatic carbocycles. The van der Waals surface area contributed by atoms with Crippen LogP contribution in [0.15, 0.2) is 24.7 Å². The van der Waals surface area contributed by atoms with Crippen LogP contribution in [0.4, 0.5) is 0 Å². The van der Waals surface area contributed by atoms with Crippen LogP contribution in [0.1, 0.15) is 31.2 Å². The number of carbonyl (C=O) groups is 1. The van der Waals surface area contributed by atoms with Crippen molar-refractivity contribution in [1.29, 1.82) is 0 Å². The van der Waals surface area contributed by atoms with E-state index in [1.165, 1.54) is 0 Å². The first-order valence-corrected chi connectivity index (χ1v) is 9.18. The van der Waals surface area contributed by atoms with Crippen LogP contribution >= 0.6 is 0 Å². The molecule has 0 aromatic carbocycles. The van der Waals surface area contributed by atoms with Gasteiger partial charge in [0.25, 0.3) is 0 Å². The Balaban J connectivity index is 1.34. The van der Waals surface area contributed by atoms with Crippen LogP contribution in [-0.4, -0.2) is 57.8 Å². The van der Waals surface area contributed by atoms with Crippen molar-refractivity contribution in [2.24, 2.45) is 5.92 Å². The Morgan fingerprint density at radius 2 is 2.20 bits per heavy atom. The Bertz CT molecular complexity index is 725. The van der Waals surface area contributed by atoms with E-state index in [2.05, 4.69) is 20.3 Å². The highest BCUT2D eigenvalue weighted by Crippen LogP contribution is 2.23. The first-order valence-electron chi connectivity index (χ1n) is 9.18. The fraction of sp³-hybridized carbons (Fsp3) is 0.611. The van der Waals surface area contributed by atoms with Gasteiger partial charge in [-0.3, -0.25) is 9.69 Å². The fourth-order valence-electron chi connectivity index (χ4n) is 3.93. The van der Waals surface area contributed by atoms with Gasteiger partial charge in [0.05, 0.1) is 12.1 Å². The zero-order valence-electron chi connectivity index (χ0n) is 14.4. The smallest absolute Gasteiger partial charge is 0.224 e. The summed E-state index contributed by atoms with van der Waals surface area (Å²) in [6.45, 7) is 4.14. The first-order chi connectivity index (χ1) is 12.3. The molecule has 2 aliphatic rings. The van der Waals surface area contributed by atoms with Gasteiger partial charge in [-0.1, -0.05) is 0 Å². The van der Waals surface area contributed by atoms with E-state index in [1.807, 2.05) is 12.3 Å². The van der Waals surface area contributed by atoms with Crippen LogP contribution in [-0.2, 0) is 16.1 Å². The molecule has 2 aliphatic heterocycles. The lowest BCUT2D eigenvalue weighted by Gasteiger charge is -2.39. The second-order valence-corrected chi connectivity index (χ2v) is 6.95. The van der Waals surface area contributed by atoms with Gasteiger partial charge in [-0.2, -0.15) is 5.10 Å². The topological polar surface area (TPSA) is 71.8 Å². The van der Waals surface area contributed by atoms with Crippen molar-refractivity contribution < 1.29 is 9.53 Å². The minimum Gasteiger partial charge on any atom is -0.381 e. The van der Waals surface area contributed by atoms with Gasteiger partial charge in [-0.25, -0.2) is 9.50 Å². The van der Waals surface area contributed by atoms with Crippen molar-refractivity contribution in [2.45, 2.75) is 38.3 Å². The third kappa shape index (κ3) is 3.67. The minimum absolute atomic E-state index is 0.0754. The third-order valence-electron chi connectivity index (χ3n) is 5.34. The van der Waals surface area contributed by atoms with Crippen molar-refractivity contribution >= 4 is 11.6 Å². The molecular formula is C18H25N5O2. The van der Waals surface area contributed by atoms with Crippen LogP contribution in [0.5, 0.6) is 0 Å². The molecule has 4 heterocycles. The first kappa shape index (κ1) is 16.5. The van der Waals surface area contributed by atoms with Crippen molar-refractivity contribution in [3.63, 3.8) is 0 Å². The van der Waals surface area contributed by atoms with Crippen molar-refractivity contribution in [1.82, 2.24) is 24.8 Å². The number of hydrogen-bond acceptors (Lipinski definition) is 5. The number of nitrogens with zero attached hydrogens (tertiary/aromatic N) is 4.